The molecule has 4 aromatic rings. The standard InChI is InChI=1S/C25H28N6O2/c1-16(2)33-13-7-12-27-25(32)21-22-24(30-20-11-5-4-10-19(20)29-22)31(23(21)26)28-15-18-9-6-8-17(3)14-18/h4-6,8-11,14-16H,7,12-13,26H2,1-3H3,(H,27,32). The molecule has 33 heavy (non-hydrogen) atoms. The van der Waals surface area contributed by atoms with Gasteiger partial charge in [0.2, 0.25) is 0 Å². The summed E-state index contributed by atoms with van der Waals surface area (Å²) in [6.07, 6.45) is 2.55. The molecule has 4 rings (SSSR count). The summed E-state index contributed by atoms with van der Waals surface area (Å²) in [7, 11) is 0. The molecule has 0 spiro atoms. The summed E-state index contributed by atoms with van der Waals surface area (Å²) in [6.45, 7) is 7.01. The Kier molecular flexibility index (Phi) is 6.65. The maximum absolute atomic E-state index is 13.1. The number of amides is 1. The Morgan fingerprint density at radius 3 is 2.67 bits per heavy atom. The number of ether oxygens (including phenoxy) is 1. The Balaban J connectivity index is 1.72. The van der Waals surface area contributed by atoms with E-state index in [-0.39, 0.29) is 23.4 Å². The van der Waals surface area contributed by atoms with E-state index in [1.807, 2.05) is 69.3 Å². The topological polar surface area (TPSA) is 107 Å². The molecule has 0 aliphatic heterocycles. The number of aromatic nitrogens is 3. The van der Waals surface area contributed by atoms with Crippen molar-refractivity contribution in [2.75, 3.05) is 18.9 Å². The molecule has 0 atom stereocenters. The van der Waals surface area contributed by atoms with Crippen molar-refractivity contribution in [2.24, 2.45) is 5.10 Å². The lowest BCUT2D eigenvalue weighted by Crippen LogP contribution is -2.26. The number of carbonyl (C=O) groups is 1. The maximum Gasteiger partial charge on any atom is 0.257 e. The van der Waals surface area contributed by atoms with E-state index in [2.05, 4.69) is 10.4 Å². The van der Waals surface area contributed by atoms with Crippen molar-refractivity contribution in [1.82, 2.24) is 20.0 Å². The van der Waals surface area contributed by atoms with Gasteiger partial charge in [-0.05, 0) is 44.9 Å². The zero-order valence-electron chi connectivity index (χ0n) is 19.1. The third kappa shape index (κ3) is 5.01. The summed E-state index contributed by atoms with van der Waals surface area (Å²) in [5.74, 6) is -0.115. The van der Waals surface area contributed by atoms with Crippen molar-refractivity contribution in [3.05, 3.63) is 65.2 Å². The molecule has 0 aliphatic rings. The fourth-order valence-electron chi connectivity index (χ4n) is 3.54. The monoisotopic (exact) mass is 444 g/mol. The summed E-state index contributed by atoms with van der Waals surface area (Å²) < 4.78 is 7.02. The minimum atomic E-state index is -0.309. The minimum Gasteiger partial charge on any atom is -0.383 e. The number of hydrogen-bond donors (Lipinski definition) is 2. The molecule has 2 heterocycles. The van der Waals surface area contributed by atoms with Crippen LogP contribution in [0, 0.1) is 6.92 Å². The second-order valence-electron chi connectivity index (χ2n) is 8.14. The molecule has 0 bridgehead atoms. The molecule has 2 aromatic carbocycles. The minimum absolute atomic E-state index is 0.157. The third-order valence-electron chi connectivity index (χ3n) is 5.12. The van der Waals surface area contributed by atoms with E-state index in [1.54, 1.807) is 6.21 Å². The van der Waals surface area contributed by atoms with E-state index >= 15 is 0 Å². The highest BCUT2D eigenvalue weighted by atomic mass is 16.5. The lowest BCUT2D eigenvalue weighted by molar-refractivity contribution is 0.0757. The number of aryl methyl sites for hydroxylation is 1. The Morgan fingerprint density at radius 2 is 1.94 bits per heavy atom. The van der Waals surface area contributed by atoms with Gasteiger partial charge in [0.15, 0.2) is 5.65 Å². The highest BCUT2D eigenvalue weighted by molar-refractivity contribution is 6.10. The fourth-order valence-corrected chi connectivity index (χ4v) is 3.54. The lowest BCUT2D eigenvalue weighted by Gasteiger charge is -2.08. The van der Waals surface area contributed by atoms with Gasteiger partial charge in [-0.15, -0.1) is 0 Å². The van der Waals surface area contributed by atoms with E-state index in [9.17, 15) is 4.79 Å². The van der Waals surface area contributed by atoms with E-state index in [0.717, 1.165) is 11.1 Å². The fraction of sp³-hybridized carbons (Fsp3) is 0.280. The average molecular weight is 445 g/mol. The number of para-hydroxylation sites is 2. The molecule has 170 valence electrons. The van der Waals surface area contributed by atoms with Gasteiger partial charge in [-0.25, -0.2) is 9.97 Å². The van der Waals surface area contributed by atoms with Crippen LogP contribution in [0.1, 0.15) is 41.8 Å². The number of nitrogens with zero attached hydrogens (tertiary/aromatic N) is 4. The number of nitrogens with one attached hydrogen (secondary N) is 1. The van der Waals surface area contributed by atoms with Gasteiger partial charge in [0.05, 0.1) is 23.4 Å². The van der Waals surface area contributed by atoms with E-state index in [1.165, 1.54) is 4.68 Å². The molecule has 0 radical (unpaired) electrons. The van der Waals surface area contributed by atoms with E-state index in [4.69, 9.17) is 20.4 Å². The normalized spacial score (nSPS) is 11.8. The van der Waals surface area contributed by atoms with Gasteiger partial charge < -0.3 is 15.8 Å². The highest BCUT2D eigenvalue weighted by Gasteiger charge is 2.23. The molecule has 3 N–H and O–H groups in total. The zero-order chi connectivity index (χ0) is 23.4. The number of hydrogen-bond acceptors (Lipinski definition) is 6. The first-order valence-electron chi connectivity index (χ1n) is 11.0. The third-order valence-corrected chi connectivity index (χ3v) is 5.12. The SMILES string of the molecule is Cc1cccc(C=Nn2c(N)c(C(=O)NCCCOC(C)C)c3nc4ccccc4nc32)c1. The first kappa shape index (κ1) is 22.4. The van der Waals surface area contributed by atoms with Crippen LogP contribution in [-0.4, -0.2) is 46.0 Å². The summed E-state index contributed by atoms with van der Waals surface area (Å²) in [5.41, 5.74) is 11.0. The van der Waals surface area contributed by atoms with Crippen molar-refractivity contribution in [1.29, 1.82) is 0 Å². The second-order valence-corrected chi connectivity index (χ2v) is 8.14. The lowest BCUT2D eigenvalue weighted by atomic mass is 10.2. The van der Waals surface area contributed by atoms with Crippen molar-refractivity contribution < 1.29 is 9.53 Å². The molecule has 0 aliphatic carbocycles. The molecule has 8 heteroatoms. The maximum atomic E-state index is 13.1. The molecule has 2 aromatic heterocycles. The predicted molar refractivity (Wildman–Crippen MR) is 132 cm³/mol. The largest absolute Gasteiger partial charge is 0.383 e. The van der Waals surface area contributed by atoms with Gasteiger partial charge in [-0.3, -0.25) is 4.79 Å². The summed E-state index contributed by atoms with van der Waals surface area (Å²) in [6, 6.07) is 15.4. The molecular weight excluding hydrogens is 416 g/mol. The number of carbonyl (C=O) groups excluding carboxylic acids is 1. The van der Waals surface area contributed by atoms with Crippen LogP contribution < -0.4 is 11.1 Å². The average Bonchev–Trinajstić information content (AvgIpc) is 3.05. The molecule has 0 fully saturated rings. The van der Waals surface area contributed by atoms with Gasteiger partial charge >= 0.3 is 0 Å². The van der Waals surface area contributed by atoms with Gasteiger partial charge in [0, 0.05) is 13.2 Å². The number of fused-ring (bicyclic) bond motifs is 2. The Hall–Kier alpha value is -3.78. The summed E-state index contributed by atoms with van der Waals surface area (Å²) in [4.78, 5) is 22.5. The number of benzene rings is 2. The smallest absolute Gasteiger partial charge is 0.257 e. The Morgan fingerprint density at radius 1 is 1.18 bits per heavy atom. The number of anilines is 1. The van der Waals surface area contributed by atoms with Gasteiger partial charge in [0.25, 0.3) is 5.91 Å². The van der Waals surface area contributed by atoms with Crippen LogP contribution in [0.4, 0.5) is 5.82 Å². The Labute approximate surface area is 192 Å². The summed E-state index contributed by atoms with van der Waals surface area (Å²) >= 11 is 0. The van der Waals surface area contributed by atoms with E-state index < -0.39 is 0 Å². The van der Waals surface area contributed by atoms with Crippen LogP contribution in [0.5, 0.6) is 0 Å². The first-order chi connectivity index (χ1) is 15.9. The molecular formula is C25H28N6O2. The summed E-state index contributed by atoms with van der Waals surface area (Å²) in [5, 5.41) is 7.46. The van der Waals surface area contributed by atoms with Crippen LogP contribution in [0.25, 0.3) is 22.2 Å². The number of nitrogens with two attached hydrogens (primary N) is 1. The number of nitrogen functional groups attached to an aromatic ring is 1. The zero-order valence-corrected chi connectivity index (χ0v) is 19.1. The van der Waals surface area contributed by atoms with Crippen LogP contribution in [-0.2, 0) is 4.74 Å². The van der Waals surface area contributed by atoms with Crippen molar-refractivity contribution in [3.63, 3.8) is 0 Å². The van der Waals surface area contributed by atoms with Crippen molar-refractivity contribution in [3.8, 4) is 0 Å². The van der Waals surface area contributed by atoms with E-state index in [0.29, 0.717) is 41.8 Å². The van der Waals surface area contributed by atoms with Crippen LogP contribution in [0.2, 0.25) is 0 Å². The van der Waals surface area contributed by atoms with Crippen LogP contribution >= 0.6 is 0 Å². The molecule has 0 unspecified atom stereocenters. The predicted octanol–water partition coefficient (Wildman–Crippen LogP) is 3.90. The van der Waals surface area contributed by atoms with Gasteiger partial charge in [0.1, 0.15) is 16.9 Å². The van der Waals surface area contributed by atoms with Crippen LogP contribution in [0.15, 0.2) is 53.6 Å². The molecule has 1 amide bonds. The van der Waals surface area contributed by atoms with Crippen molar-refractivity contribution in [2.45, 2.75) is 33.3 Å². The highest BCUT2D eigenvalue weighted by Crippen LogP contribution is 2.27. The van der Waals surface area contributed by atoms with Gasteiger partial charge in [-0.2, -0.15) is 9.78 Å². The molecule has 0 saturated heterocycles. The molecule has 0 saturated carbocycles. The number of rotatable bonds is 8. The van der Waals surface area contributed by atoms with Crippen LogP contribution in [0.3, 0.4) is 0 Å². The second kappa shape index (κ2) is 9.79. The van der Waals surface area contributed by atoms with Gasteiger partial charge in [-0.1, -0.05) is 42.0 Å². The van der Waals surface area contributed by atoms with Crippen molar-refractivity contribution >= 4 is 40.1 Å². The first-order valence-corrected chi connectivity index (χ1v) is 11.0. The molecule has 8 nitrogen and oxygen atoms in total. The Bertz CT molecular complexity index is 1330. The quantitative estimate of drug-likeness (QED) is 0.317.